The van der Waals surface area contributed by atoms with Crippen LogP contribution in [0.2, 0.25) is 10.0 Å². The van der Waals surface area contributed by atoms with E-state index in [-0.39, 0.29) is 52.9 Å². The molecule has 28 heteroatoms. The van der Waals surface area contributed by atoms with Crippen molar-refractivity contribution in [1.29, 1.82) is 0 Å². The summed E-state index contributed by atoms with van der Waals surface area (Å²) in [5.74, 6) is 9.07. The van der Waals surface area contributed by atoms with Crippen LogP contribution in [0, 0.1) is 24.2 Å². The third-order valence-corrected chi connectivity index (χ3v) is 14.0. The summed E-state index contributed by atoms with van der Waals surface area (Å²) in [5.41, 5.74) is 21.6. The fraction of sp³-hybridized carbons (Fsp3) is 0.200. The summed E-state index contributed by atoms with van der Waals surface area (Å²) in [6.45, 7) is 5.26. The molecule has 3 aromatic carbocycles. The van der Waals surface area contributed by atoms with E-state index in [0.29, 0.717) is 77.1 Å². The van der Waals surface area contributed by atoms with Crippen molar-refractivity contribution in [3.8, 4) is 24.2 Å². The Bertz CT molecular complexity index is 4960. The molecule has 12 rings (SSSR count). The fourth-order valence-electron chi connectivity index (χ4n) is 9.22. The van der Waals surface area contributed by atoms with E-state index < -0.39 is 23.9 Å². The average Bonchev–Trinajstić information content (AvgIpc) is 3.50. The number of nitrogens with two attached hydrogens (primary N) is 3. The van der Waals surface area contributed by atoms with E-state index in [1.165, 1.54) is 22.7 Å². The number of rotatable bonds is 7. The van der Waals surface area contributed by atoms with Crippen molar-refractivity contribution in [2.45, 2.75) is 46.3 Å². The van der Waals surface area contributed by atoms with Gasteiger partial charge in [0.25, 0.3) is 28.5 Å². The maximum Gasteiger partial charge on any atom is 0.262 e. The summed E-state index contributed by atoms with van der Waals surface area (Å²) in [4.78, 5) is 85.8. The summed E-state index contributed by atoms with van der Waals surface area (Å²) in [5, 5.41) is 23.8. The van der Waals surface area contributed by atoms with Crippen LogP contribution in [0.15, 0.2) is 131 Å². The number of terminal acetylenes is 1. The molecule has 2 amide bonds. The van der Waals surface area contributed by atoms with Gasteiger partial charge in [0.05, 0.1) is 84.4 Å². The highest BCUT2D eigenvalue weighted by molar-refractivity contribution is 6.35. The predicted molar refractivity (Wildman–Crippen MR) is 337 cm³/mol. The minimum atomic E-state index is -0.604. The number of aryl methyl sites for hydroxylation is 2. The second-order valence-electron chi connectivity index (χ2n) is 19.6. The number of fused-ring (bicyclic) bond motifs is 5. The molecule has 0 unspecified atom stereocenters. The van der Waals surface area contributed by atoms with E-state index >= 15 is 0 Å². The zero-order valence-electron chi connectivity index (χ0n) is 48.0. The first-order chi connectivity index (χ1) is 41.6. The van der Waals surface area contributed by atoms with E-state index in [9.17, 15) is 24.0 Å². The molecular weight excluding hydrogens is 1170 g/mol. The summed E-state index contributed by atoms with van der Waals surface area (Å²) in [7, 11) is 8.49. The van der Waals surface area contributed by atoms with Crippen molar-refractivity contribution < 1.29 is 9.59 Å². The molecule has 12 aromatic rings. The molecule has 0 aliphatic carbocycles. The summed E-state index contributed by atoms with van der Waals surface area (Å²) < 4.78 is 10.4. The van der Waals surface area contributed by atoms with E-state index in [0.717, 1.165) is 11.1 Å². The van der Waals surface area contributed by atoms with Gasteiger partial charge in [-0.1, -0.05) is 66.6 Å². The van der Waals surface area contributed by atoms with Crippen LogP contribution in [-0.4, -0.2) is 89.2 Å². The molecule has 88 heavy (non-hydrogen) atoms. The van der Waals surface area contributed by atoms with Crippen molar-refractivity contribution in [3.63, 3.8) is 0 Å². The normalized spacial score (nSPS) is 11.8. The van der Waals surface area contributed by atoms with Gasteiger partial charge in [0.15, 0.2) is 22.9 Å². The Hall–Kier alpha value is -11.1. The Morgan fingerprint density at radius 3 is 1.41 bits per heavy atom. The molecular formula is C60H59Cl2N21O5. The molecule has 0 saturated heterocycles. The number of nitrogens with one attached hydrogen (secondary N) is 2. The molecule has 9 aromatic heterocycles. The van der Waals surface area contributed by atoms with Gasteiger partial charge in [-0.3, -0.25) is 47.0 Å². The Morgan fingerprint density at radius 1 is 0.580 bits per heavy atom. The minimum Gasteiger partial charge on any atom is -0.381 e. The lowest BCUT2D eigenvalue weighted by Gasteiger charge is -2.17. The van der Waals surface area contributed by atoms with Crippen molar-refractivity contribution >= 4 is 90.7 Å². The highest BCUT2D eigenvalue weighted by atomic mass is 35.5. The highest BCUT2D eigenvalue weighted by Crippen LogP contribution is 2.24. The van der Waals surface area contributed by atoms with E-state index in [1.54, 1.807) is 168 Å². The summed E-state index contributed by atoms with van der Waals surface area (Å²) >= 11 is 12.1. The van der Waals surface area contributed by atoms with Gasteiger partial charge in [0, 0.05) is 78.0 Å². The zero-order chi connectivity index (χ0) is 62.5. The van der Waals surface area contributed by atoms with Gasteiger partial charge in [-0.05, 0) is 69.3 Å². The number of carbonyl (C=O) groups is 2. The number of anilines is 2. The van der Waals surface area contributed by atoms with Gasteiger partial charge < -0.3 is 27.8 Å². The third kappa shape index (κ3) is 12.9. The molecule has 0 bridgehead atoms. The predicted octanol–water partition coefficient (Wildman–Crippen LogP) is 5.53. The van der Waals surface area contributed by atoms with Gasteiger partial charge >= 0.3 is 0 Å². The van der Waals surface area contributed by atoms with Crippen LogP contribution < -0.4 is 44.5 Å². The first-order valence-corrected chi connectivity index (χ1v) is 27.1. The number of aromatic nitrogens is 16. The molecule has 0 aliphatic rings. The van der Waals surface area contributed by atoms with Crippen LogP contribution in [0.4, 0.5) is 11.6 Å². The first-order valence-electron chi connectivity index (χ1n) is 26.4. The lowest BCUT2D eigenvalue weighted by atomic mass is 10.1. The standard InChI is InChI=1S/C24H21N9O2.C18H16ClN7O2.C11H12ClN3O.C6H6N2.CH4/c1-14(28-23(34)19-20(25)30-33-11-5-10-26-22(19)33)21-29-17-7-4-6-16(18(17)24(35)32(21)3)9-8-15-12-27-31(2)13-15;1-9(15-23-11-6-3-5-10(19)12(11)18(28)25(15)2)22-17(27)13-14(20)24-26-8-4-7-21-16(13)26;1-6(13)10-14-8-5-3-4-7(12)9(8)11(16)15(10)2;1-3-6-4-7-8(2)5-6;/h4-7,10-14H,1-3H3,(H2,25,30)(H,28,34);3-9H,1-2H3,(H2,20,24)(H,22,27);3-6H,13H2,1-2H3;1,4-5H,2H3;1H4/t14-;9-;6-;;/m000../s1. The fourth-order valence-corrected chi connectivity index (χ4v) is 9.72. The zero-order valence-corrected chi connectivity index (χ0v) is 49.5. The van der Waals surface area contributed by atoms with Crippen LogP contribution in [0.25, 0.3) is 44.0 Å². The maximum absolute atomic E-state index is 13.3. The molecule has 0 fully saturated rings. The topological polar surface area (TPSA) is 337 Å². The van der Waals surface area contributed by atoms with Gasteiger partial charge in [-0.25, -0.2) is 34.0 Å². The minimum absolute atomic E-state index is 0. The van der Waals surface area contributed by atoms with Gasteiger partial charge in [-0.15, -0.1) is 16.6 Å². The lowest BCUT2D eigenvalue weighted by Crippen LogP contribution is -2.33. The first kappa shape index (κ1) is 63.0. The molecule has 448 valence electrons. The quantitative estimate of drug-likeness (QED) is 0.122. The van der Waals surface area contributed by atoms with Crippen LogP contribution >= 0.6 is 23.2 Å². The molecule has 26 nitrogen and oxygen atoms in total. The number of hydrogen-bond donors (Lipinski definition) is 5. The maximum atomic E-state index is 13.3. The van der Waals surface area contributed by atoms with E-state index in [4.69, 9.17) is 46.8 Å². The molecule has 0 saturated carbocycles. The molecule has 3 atom stereocenters. The van der Waals surface area contributed by atoms with Gasteiger partial charge in [0.1, 0.15) is 28.6 Å². The molecule has 9 heterocycles. The Kier molecular flexibility index (Phi) is 18.9. The molecule has 0 spiro atoms. The largest absolute Gasteiger partial charge is 0.381 e. The smallest absolute Gasteiger partial charge is 0.262 e. The van der Waals surface area contributed by atoms with Crippen LogP contribution in [0.1, 0.15) is 101 Å². The van der Waals surface area contributed by atoms with Gasteiger partial charge in [0.2, 0.25) is 0 Å². The summed E-state index contributed by atoms with van der Waals surface area (Å²) in [6.07, 6.45) is 18.4. The van der Waals surface area contributed by atoms with Crippen molar-refractivity contribution in [3.05, 3.63) is 203 Å². The van der Waals surface area contributed by atoms with Gasteiger partial charge in [-0.2, -0.15) is 10.2 Å². The average molecular weight is 1230 g/mol. The number of benzene rings is 3. The monoisotopic (exact) mass is 1220 g/mol. The van der Waals surface area contributed by atoms with E-state index in [1.807, 2.05) is 14.1 Å². The number of nitrogen functional groups attached to an aromatic ring is 2. The molecule has 0 radical (unpaired) electrons. The number of carbonyl (C=O) groups excluding carboxylic acids is 2. The SMILES string of the molecule is C.C#Cc1cnn(C)c1.C[C@H](N)c1nc2cccc(Cl)c2c(=O)n1C.C[C@H](NC(=O)c1c(N)nn2cccnc12)c1nc2cccc(C#Cc3cnn(C)c3)c2c(=O)n1C.C[C@H](NC(=O)c1c(N)nn2cccnc12)c1nc2cccc(Cl)c2c(=O)n1C. The number of halogens is 2. The molecule has 8 N–H and O–H groups in total. The second-order valence-corrected chi connectivity index (χ2v) is 20.5. The van der Waals surface area contributed by atoms with Crippen LogP contribution in [0.5, 0.6) is 0 Å². The third-order valence-electron chi connectivity index (χ3n) is 13.4. The second kappa shape index (κ2) is 26.5. The van der Waals surface area contributed by atoms with Crippen molar-refractivity contribution in [2.75, 3.05) is 11.5 Å². The number of nitrogens with zero attached hydrogens (tertiary/aromatic N) is 16. The number of amides is 2. The molecule has 0 aliphatic heterocycles. The number of hydrogen-bond acceptors (Lipinski definition) is 17. The Balaban J connectivity index is 0.000000168. The van der Waals surface area contributed by atoms with Crippen molar-refractivity contribution in [2.24, 2.45) is 41.0 Å². The van der Waals surface area contributed by atoms with Crippen LogP contribution in [-0.2, 0) is 35.2 Å². The van der Waals surface area contributed by atoms with E-state index in [2.05, 4.69) is 73.7 Å². The lowest BCUT2D eigenvalue weighted by molar-refractivity contribution is 0.0931. The highest BCUT2D eigenvalue weighted by Gasteiger charge is 2.26. The Labute approximate surface area is 511 Å². The van der Waals surface area contributed by atoms with Crippen molar-refractivity contribution in [1.82, 2.24) is 88.0 Å². The van der Waals surface area contributed by atoms with Crippen LogP contribution in [0.3, 0.4) is 0 Å². The summed E-state index contributed by atoms with van der Waals surface area (Å²) in [6, 6.07) is 17.5. The Morgan fingerprint density at radius 2 is 0.989 bits per heavy atom.